The maximum absolute atomic E-state index is 13.7. The van der Waals surface area contributed by atoms with E-state index in [1.165, 1.54) is 6.07 Å². The molecule has 0 unspecified atom stereocenters. The standard InChI is InChI=1S/C12H17FN2O4S.ClH/c1-12(2,14)7-15-20(17,18)9-6-4-5-8(13)10(9)11(16)19-3;/h4-6,15H,7,14H2,1-3H3;1H. The van der Waals surface area contributed by atoms with E-state index in [-0.39, 0.29) is 19.0 Å². The Kier molecular flexibility index (Phi) is 6.75. The van der Waals surface area contributed by atoms with Crippen molar-refractivity contribution in [3.05, 3.63) is 29.6 Å². The highest BCUT2D eigenvalue weighted by molar-refractivity contribution is 7.89. The van der Waals surface area contributed by atoms with Crippen LogP contribution in [0, 0.1) is 5.82 Å². The Morgan fingerprint density at radius 1 is 1.43 bits per heavy atom. The first-order valence-corrected chi connectivity index (χ1v) is 7.22. The molecule has 0 aliphatic heterocycles. The van der Waals surface area contributed by atoms with E-state index in [0.29, 0.717) is 0 Å². The van der Waals surface area contributed by atoms with Crippen molar-refractivity contribution < 1.29 is 22.3 Å². The third kappa shape index (κ3) is 5.24. The molecule has 0 fully saturated rings. The summed E-state index contributed by atoms with van der Waals surface area (Å²) in [6.45, 7) is 3.19. The molecule has 21 heavy (non-hydrogen) atoms. The van der Waals surface area contributed by atoms with Gasteiger partial charge in [0.05, 0.1) is 12.0 Å². The number of sulfonamides is 1. The van der Waals surface area contributed by atoms with E-state index in [1.54, 1.807) is 13.8 Å². The zero-order valence-electron chi connectivity index (χ0n) is 11.8. The average Bonchev–Trinajstić information content (AvgIpc) is 2.34. The van der Waals surface area contributed by atoms with Gasteiger partial charge in [-0.05, 0) is 26.0 Å². The molecule has 0 amide bonds. The van der Waals surface area contributed by atoms with Crippen LogP contribution in [0.4, 0.5) is 4.39 Å². The Labute approximate surface area is 129 Å². The predicted molar refractivity (Wildman–Crippen MR) is 78.4 cm³/mol. The summed E-state index contributed by atoms with van der Waals surface area (Å²) in [4.78, 5) is 11.0. The zero-order valence-corrected chi connectivity index (χ0v) is 13.5. The van der Waals surface area contributed by atoms with Crippen LogP contribution >= 0.6 is 12.4 Å². The van der Waals surface area contributed by atoms with E-state index in [2.05, 4.69) is 9.46 Å². The molecule has 1 aromatic rings. The van der Waals surface area contributed by atoms with Crippen molar-refractivity contribution in [1.82, 2.24) is 4.72 Å². The molecule has 0 aliphatic carbocycles. The number of nitrogens with two attached hydrogens (primary N) is 1. The minimum Gasteiger partial charge on any atom is -0.465 e. The van der Waals surface area contributed by atoms with Crippen molar-refractivity contribution in [2.45, 2.75) is 24.3 Å². The van der Waals surface area contributed by atoms with Crippen LogP contribution in [0.3, 0.4) is 0 Å². The fraction of sp³-hybridized carbons (Fsp3) is 0.417. The molecule has 0 heterocycles. The second kappa shape index (κ2) is 7.17. The highest BCUT2D eigenvalue weighted by atomic mass is 35.5. The van der Waals surface area contributed by atoms with Gasteiger partial charge >= 0.3 is 5.97 Å². The number of nitrogens with one attached hydrogen (secondary N) is 1. The smallest absolute Gasteiger partial charge is 0.342 e. The van der Waals surface area contributed by atoms with Crippen LogP contribution in [0.25, 0.3) is 0 Å². The minimum absolute atomic E-state index is 0. The number of rotatable bonds is 5. The number of esters is 1. The summed E-state index contributed by atoms with van der Waals surface area (Å²) >= 11 is 0. The van der Waals surface area contributed by atoms with Gasteiger partial charge in [0.2, 0.25) is 10.0 Å². The van der Waals surface area contributed by atoms with E-state index < -0.39 is 37.8 Å². The van der Waals surface area contributed by atoms with E-state index in [0.717, 1.165) is 19.2 Å². The number of carbonyl (C=O) groups excluding carboxylic acids is 1. The van der Waals surface area contributed by atoms with Gasteiger partial charge in [-0.1, -0.05) is 6.07 Å². The molecule has 0 radical (unpaired) electrons. The van der Waals surface area contributed by atoms with Crippen molar-refractivity contribution in [2.75, 3.05) is 13.7 Å². The third-order valence-corrected chi connectivity index (χ3v) is 3.82. The summed E-state index contributed by atoms with van der Waals surface area (Å²) in [6.07, 6.45) is 0. The van der Waals surface area contributed by atoms with Gasteiger partial charge in [-0.2, -0.15) is 0 Å². The predicted octanol–water partition coefficient (Wildman–Crippen LogP) is 1.05. The summed E-state index contributed by atoms with van der Waals surface area (Å²) < 4.78 is 44.6. The molecular formula is C12H18ClFN2O4S. The first-order valence-electron chi connectivity index (χ1n) is 5.74. The van der Waals surface area contributed by atoms with Crippen molar-refractivity contribution in [3.63, 3.8) is 0 Å². The van der Waals surface area contributed by atoms with Gasteiger partial charge in [-0.15, -0.1) is 12.4 Å². The SMILES string of the molecule is COC(=O)c1c(F)cccc1S(=O)(=O)NCC(C)(C)N.Cl. The van der Waals surface area contributed by atoms with Crippen molar-refractivity contribution in [2.24, 2.45) is 5.73 Å². The molecule has 3 N–H and O–H groups in total. The summed E-state index contributed by atoms with van der Waals surface area (Å²) in [5, 5.41) is 0. The molecule has 0 aromatic heterocycles. The fourth-order valence-electron chi connectivity index (χ4n) is 1.39. The van der Waals surface area contributed by atoms with Gasteiger partial charge < -0.3 is 10.5 Å². The van der Waals surface area contributed by atoms with E-state index in [1.807, 2.05) is 0 Å². The molecule has 6 nitrogen and oxygen atoms in total. The van der Waals surface area contributed by atoms with Crippen LogP contribution in [0.1, 0.15) is 24.2 Å². The molecule has 1 aromatic carbocycles. The molecule has 120 valence electrons. The number of carbonyl (C=O) groups is 1. The lowest BCUT2D eigenvalue weighted by molar-refractivity contribution is 0.0590. The van der Waals surface area contributed by atoms with E-state index in [4.69, 9.17) is 5.73 Å². The Morgan fingerprint density at radius 3 is 2.48 bits per heavy atom. The van der Waals surface area contributed by atoms with Gasteiger partial charge in [-0.3, -0.25) is 0 Å². The van der Waals surface area contributed by atoms with Crippen LogP contribution in [0.2, 0.25) is 0 Å². The van der Waals surface area contributed by atoms with Crippen molar-refractivity contribution >= 4 is 28.4 Å². The maximum Gasteiger partial charge on any atom is 0.342 e. The lowest BCUT2D eigenvalue weighted by Gasteiger charge is -2.19. The van der Waals surface area contributed by atoms with Gasteiger partial charge in [0.15, 0.2) is 0 Å². The number of ether oxygens (including phenoxy) is 1. The largest absolute Gasteiger partial charge is 0.465 e. The van der Waals surface area contributed by atoms with E-state index >= 15 is 0 Å². The number of halogens is 2. The highest BCUT2D eigenvalue weighted by Crippen LogP contribution is 2.20. The number of hydrogen-bond donors (Lipinski definition) is 2. The van der Waals surface area contributed by atoms with Gasteiger partial charge in [0.25, 0.3) is 0 Å². The number of hydrogen-bond acceptors (Lipinski definition) is 5. The van der Waals surface area contributed by atoms with Crippen LogP contribution in [0.15, 0.2) is 23.1 Å². The van der Waals surface area contributed by atoms with E-state index in [9.17, 15) is 17.6 Å². The average molecular weight is 341 g/mol. The molecule has 0 saturated carbocycles. The van der Waals surface area contributed by atoms with Crippen molar-refractivity contribution in [3.8, 4) is 0 Å². The Balaban J connectivity index is 0.00000400. The number of benzene rings is 1. The first-order chi connectivity index (χ1) is 9.08. The molecule has 0 aliphatic rings. The normalized spacial score (nSPS) is 11.7. The van der Waals surface area contributed by atoms with Crippen LogP contribution in [-0.4, -0.2) is 33.6 Å². The van der Waals surface area contributed by atoms with Gasteiger partial charge in [0, 0.05) is 12.1 Å². The molecule has 1 rings (SSSR count). The second-order valence-electron chi connectivity index (χ2n) is 4.92. The molecule has 0 spiro atoms. The topological polar surface area (TPSA) is 98.5 Å². The third-order valence-electron chi connectivity index (χ3n) is 2.37. The second-order valence-corrected chi connectivity index (χ2v) is 6.65. The van der Waals surface area contributed by atoms with Crippen LogP contribution < -0.4 is 10.5 Å². The lowest BCUT2D eigenvalue weighted by Crippen LogP contribution is -2.45. The molecule has 0 saturated heterocycles. The fourth-order valence-corrected chi connectivity index (χ4v) is 2.81. The molecule has 0 atom stereocenters. The number of methoxy groups -OCH3 is 1. The zero-order chi connectivity index (χ0) is 15.6. The van der Waals surface area contributed by atoms with Crippen molar-refractivity contribution in [1.29, 1.82) is 0 Å². The van der Waals surface area contributed by atoms with Crippen LogP contribution in [-0.2, 0) is 14.8 Å². The maximum atomic E-state index is 13.7. The molecule has 9 heteroatoms. The molecule has 0 bridgehead atoms. The Morgan fingerprint density at radius 2 is 2.00 bits per heavy atom. The van der Waals surface area contributed by atoms with Crippen LogP contribution in [0.5, 0.6) is 0 Å². The summed E-state index contributed by atoms with van der Waals surface area (Å²) in [5.74, 6) is -2.03. The molecular weight excluding hydrogens is 323 g/mol. The summed E-state index contributed by atoms with van der Waals surface area (Å²) in [7, 11) is -3.03. The quantitative estimate of drug-likeness (QED) is 0.781. The van der Waals surface area contributed by atoms with Gasteiger partial charge in [0.1, 0.15) is 11.4 Å². The van der Waals surface area contributed by atoms with Gasteiger partial charge in [-0.25, -0.2) is 22.3 Å². The summed E-state index contributed by atoms with van der Waals surface area (Å²) in [6, 6.07) is 3.31. The Bertz CT molecular complexity index is 614. The summed E-state index contributed by atoms with van der Waals surface area (Å²) in [5.41, 5.74) is 4.27. The minimum atomic E-state index is -4.07. The highest BCUT2D eigenvalue weighted by Gasteiger charge is 2.27. The Hall–Kier alpha value is -1.22. The lowest BCUT2D eigenvalue weighted by atomic mass is 10.1. The first kappa shape index (κ1) is 19.8. The monoisotopic (exact) mass is 340 g/mol.